The summed E-state index contributed by atoms with van der Waals surface area (Å²) in [5.74, 6) is -0.305. The highest BCUT2D eigenvalue weighted by molar-refractivity contribution is 5.89. The van der Waals surface area contributed by atoms with Crippen LogP contribution in [0.2, 0.25) is 0 Å². The quantitative estimate of drug-likeness (QED) is 0.541. The van der Waals surface area contributed by atoms with E-state index in [1.165, 1.54) is 7.11 Å². The van der Waals surface area contributed by atoms with Gasteiger partial charge in [0.1, 0.15) is 12.1 Å². The summed E-state index contributed by atoms with van der Waals surface area (Å²) in [5.41, 5.74) is 1.49. The van der Waals surface area contributed by atoms with Crippen molar-refractivity contribution in [2.45, 2.75) is 32.6 Å². The molecule has 20 heavy (non-hydrogen) atoms. The first-order valence-corrected chi connectivity index (χ1v) is 6.68. The highest BCUT2D eigenvalue weighted by Crippen LogP contribution is 2.15. The predicted molar refractivity (Wildman–Crippen MR) is 75.6 cm³/mol. The summed E-state index contributed by atoms with van der Waals surface area (Å²) in [7, 11) is 1.34. The Balaban J connectivity index is 2.54. The van der Waals surface area contributed by atoms with Crippen LogP contribution in [-0.4, -0.2) is 25.1 Å². The molecule has 0 amide bonds. The number of ether oxygens (including phenoxy) is 1. The normalized spacial score (nSPS) is 11.7. The average Bonchev–Trinajstić information content (AvgIpc) is 2.45. The van der Waals surface area contributed by atoms with Gasteiger partial charge in [0.25, 0.3) is 0 Å². The molecule has 4 nitrogen and oxygen atoms in total. The topological polar surface area (TPSA) is 60.4 Å². The van der Waals surface area contributed by atoms with Gasteiger partial charge < -0.3 is 14.3 Å². The highest BCUT2D eigenvalue weighted by atomic mass is 16.5. The highest BCUT2D eigenvalue weighted by Gasteiger charge is 2.10. The van der Waals surface area contributed by atoms with E-state index in [0.29, 0.717) is 24.8 Å². The lowest BCUT2D eigenvalue weighted by atomic mass is 9.94. The van der Waals surface area contributed by atoms with Crippen molar-refractivity contribution in [3.8, 4) is 0 Å². The first-order chi connectivity index (χ1) is 9.56. The molecule has 0 fully saturated rings. The van der Waals surface area contributed by atoms with Crippen molar-refractivity contribution in [1.82, 2.24) is 0 Å². The zero-order valence-corrected chi connectivity index (χ0v) is 11.9. The van der Waals surface area contributed by atoms with E-state index in [9.17, 15) is 14.4 Å². The third-order valence-corrected chi connectivity index (χ3v) is 3.17. The van der Waals surface area contributed by atoms with Gasteiger partial charge in [-0.3, -0.25) is 0 Å². The second-order valence-corrected chi connectivity index (χ2v) is 4.88. The molecule has 1 unspecified atom stereocenters. The standard InChI is InChI=1S/C16H20O4/c1-12(18)4-3-5-14(11-17)10-13-6-8-15(9-7-13)16(19)20-2/h6-9,11,14H,3-5,10H2,1-2H3. The van der Waals surface area contributed by atoms with Crippen LogP contribution in [0.5, 0.6) is 0 Å². The van der Waals surface area contributed by atoms with Crippen molar-refractivity contribution in [3.05, 3.63) is 35.4 Å². The molecule has 0 saturated heterocycles. The van der Waals surface area contributed by atoms with E-state index in [1.807, 2.05) is 12.1 Å². The molecular formula is C16H20O4. The van der Waals surface area contributed by atoms with Crippen molar-refractivity contribution in [1.29, 1.82) is 0 Å². The Morgan fingerprint density at radius 2 is 1.90 bits per heavy atom. The smallest absolute Gasteiger partial charge is 0.337 e. The minimum absolute atomic E-state index is 0.0849. The fraction of sp³-hybridized carbons (Fsp3) is 0.438. The summed E-state index contributed by atoms with van der Waals surface area (Å²) in [4.78, 5) is 33.2. The zero-order chi connectivity index (χ0) is 15.0. The summed E-state index contributed by atoms with van der Waals surface area (Å²) in [6.07, 6.45) is 3.53. The summed E-state index contributed by atoms with van der Waals surface area (Å²) in [6.45, 7) is 1.56. The number of rotatable bonds is 8. The number of Topliss-reactive ketones (excluding diaryl/α,β-unsaturated/α-hetero) is 1. The molecule has 1 aromatic carbocycles. The van der Waals surface area contributed by atoms with Crippen LogP contribution in [0.15, 0.2) is 24.3 Å². The fourth-order valence-corrected chi connectivity index (χ4v) is 2.03. The van der Waals surface area contributed by atoms with Crippen molar-refractivity contribution in [3.63, 3.8) is 0 Å². The fourth-order valence-electron chi connectivity index (χ4n) is 2.03. The summed E-state index contributed by atoms with van der Waals surface area (Å²) < 4.78 is 4.63. The number of ketones is 1. The lowest BCUT2D eigenvalue weighted by Crippen LogP contribution is -2.08. The molecule has 0 saturated carbocycles. The summed E-state index contributed by atoms with van der Waals surface area (Å²) in [5, 5.41) is 0. The van der Waals surface area contributed by atoms with Crippen molar-refractivity contribution in [2.75, 3.05) is 7.11 Å². The maximum absolute atomic E-state index is 11.3. The number of carbonyl (C=O) groups excluding carboxylic acids is 3. The second kappa shape index (κ2) is 8.25. The van der Waals surface area contributed by atoms with Gasteiger partial charge in [-0.2, -0.15) is 0 Å². The Morgan fingerprint density at radius 3 is 2.40 bits per heavy atom. The molecule has 0 aliphatic heterocycles. The van der Waals surface area contributed by atoms with E-state index in [0.717, 1.165) is 18.3 Å². The molecule has 4 heteroatoms. The van der Waals surface area contributed by atoms with E-state index in [-0.39, 0.29) is 17.7 Å². The SMILES string of the molecule is COC(=O)c1ccc(CC(C=O)CCCC(C)=O)cc1. The number of methoxy groups -OCH3 is 1. The van der Waals surface area contributed by atoms with Gasteiger partial charge in [0.2, 0.25) is 0 Å². The van der Waals surface area contributed by atoms with Crippen molar-refractivity contribution < 1.29 is 19.1 Å². The van der Waals surface area contributed by atoms with E-state index in [1.54, 1.807) is 19.1 Å². The second-order valence-electron chi connectivity index (χ2n) is 4.88. The Labute approximate surface area is 119 Å². The van der Waals surface area contributed by atoms with Gasteiger partial charge in [-0.1, -0.05) is 12.1 Å². The molecule has 0 heterocycles. The van der Waals surface area contributed by atoms with E-state index >= 15 is 0 Å². The lowest BCUT2D eigenvalue weighted by molar-refractivity contribution is -0.117. The summed E-state index contributed by atoms with van der Waals surface area (Å²) >= 11 is 0. The molecule has 0 spiro atoms. The van der Waals surface area contributed by atoms with E-state index < -0.39 is 0 Å². The third-order valence-electron chi connectivity index (χ3n) is 3.17. The first-order valence-electron chi connectivity index (χ1n) is 6.68. The van der Waals surface area contributed by atoms with Gasteiger partial charge in [-0.15, -0.1) is 0 Å². The third kappa shape index (κ3) is 5.34. The Hall–Kier alpha value is -1.97. The van der Waals surface area contributed by atoms with Crippen LogP contribution < -0.4 is 0 Å². The Morgan fingerprint density at radius 1 is 1.25 bits per heavy atom. The number of hydrogen-bond acceptors (Lipinski definition) is 4. The van der Waals surface area contributed by atoms with Gasteiger partial charge in [0, 0.05) is 12.3 Å². The maximum Gasteiger partial charge on any atom is 0.337 e. The monoisotopic (exact) mass is 276 g/mol. The van der Waals surface area contributed by atoms with Gasteiger partial charge in [-0.25, -0.2) is 4.79 Å². The predicted octanol–water partition coefficient (Wildman–Crippen LogP) is 2.59. The lowest BCUT2D eigenvalue weighted by Gasteiger charge is -2.10. The maximum atomic E-state index is 11.3. The number of carbonyl (C=O) groups is 3. The largest absolute Gasteiger partial charge is 0.465 e. The molecule has 108 valence electrons. The minimum atomic E-state index is -0.370. The average molecular weight is 276 g/mol. The summed E-state index contributed by atoms with van der Waals surface area (Å²) in [6, 6.07) is 7.04. The van der Waals surface area contributed by atoms with Crippen molar-refractivity contribution in [2.24, 2.45) is 5.92 Å². The van der Waals surface area contributed by atoms with Crippen LogP contribution in [0.4, 0.5) is 0 Å². The van der Waals surface area contributed by atoms with Crippen LogP contribution >= 0.6 is 0 Å². The van der Waals surface area contributed by atoms with E-state index in [2.05, 4.69) is 4.74 Å². The van der Waals surface area contributed by atoms with Crippen LogP contribution in [-0.2, 0) is 20.7 Å². The van der Waals surface area contributed by atoms with Gasteiger partial charge in [-0.05, 0) is 43.9 Å². The molecule has 0 N–H and O–H groups in total. The van der Waals surface area contributed by atoms with Crippen LogP contribution in [0.3, 0.4) is 0 Å². The Kier molecular flexibility index (Phi) is 6.64. The number of hydrogen-bond donors (Lipinski definition) is 0. The minimum Gasteiger partial charge on any atom is -0.465 e. The molecule has 0 aliphatic carbocycles. The number of benzene rings is 1. The van der Waals surface area contributed by atoms with Crippen molar-refractivity contribution >= 4 is 18.0 Å². The van der Waals surface area contributed by atoms with Gasteiger partial charge >= 0.3 is 5.97 Å². The van der Waals surface area contributed by atoms with Crippen LogP contribution in [0, 0.1) is 5.92 Å². The molecular weight excluding hydrogens is 256 g/mol. The van der Waals surface area contributed by atoms with Crippen LogP contribution in [0.1, 0.15) is 42.1 Å². The molecule has 0 aromatic heterocycles. The molecule has 0 radical (unpaired) electrons. The zero-order valence-electron chi connectivity index (χ0n) is 11.9. The van der Waals surface area contributed by atoms with Gasteiger partial charge in [0.05, 0.1) is 12.7 Å². The van der Waals surface area contributed by atoms with E-state index in [4.69, 9.17) is 0 Å². The molecule has 1 rings (SSSR count). The number of esters is 1. The molecule has 1 aromatic rings. The molecule has 1 atom stereocenters. The van der Waals surface area contributed by atoms with Gasteiger partial charge in [0.15, 0.2) is 0 Å². The Bertz CT molecular complexity index is 462. The molecule has 0 aliphatic rings. The van der Waals surface area contributed by atoms with Crippen LogP contribution in [0.25, 0.3) is 0 Å². The molecule has 0 bridgehead atoms. The number of aldehydes is 1. The first kappa shape index (κ1) is 16.1.